The van der Waals surface area contributed by atoms with Gasteiger partial charge in [-0.15, -0.1) is 10.2 Å². The van der Waals surface area contributed by atoms with Gasteiger partial charge in [-0.2, -0.15) is 26.3 Å². The molecule has 1 aromatic carbocycles. The third-order valence-corrected chi connectivity index (χ3v) is 5.52. The number of aromatic nitrogens is 2. The molecule has 2 aromatic rings. The second-order valence-electron chi connectivity index (χ2n) is 6.90. The highest BCUT2D eigenvalue weighted by molar-refractivity contribution is 7.12. The quantitative estimate of drug-likeness (QED) is 0.557. The van der Waals surface area contributed by atoms with E-state index in [1.807, 2.05) is 0 Å². The van der Waals surface area contributed by atoms with E-state index in [1.54, 1.807) is 53.0 Å². The molecule has 0 saturated carbocycles. The molecule has 2 aliphatic heterocycles. The minimum absolute atomic E-state index is 0.129. The molecule has 174 valence electrons. The van der Waals surface area contributed by atoms with Gasteiger partial charge in [0.1, 0.15) is 17.7 Å². The molecule has 14 heteroatoms. The van der Waals surface area contributed by atoms with E-state index in [9.17, 15) is 31.1 Å². The molecule has 1 unspecified atom stereocenters. The summed E-state index contributed by atoms with van der Waals surface area (Å²) in [6.45, 7) is -1.46. The first-order valence-electron chi connectivity index (χ1n) is 9.27. The van der Waals surface area contributed by atoms with Gasteiger partial charge in [-0.3, -0.25) is 0 Å². The lowest BCUT2D eigenvalue weighted by atomic mass is 10.1. The smallest absolute Gasteiger partial charge is 0.366 e. The van der Waals surface area contributed by atoms with Crippen LogP contribution in [0.5, 0.6) is 0 Å². The monoisotopic (exact) mass is 488 g/mol. The summed E-state index contributed by atoms with van der Waals surface area (Å²) in [6, 6.07) is 5.46. The van der Waals surface area contributed by atoms with E-state index in [4.69, 9.17) is 0 Å². The number of fused-ring (bicyclic) bond motifs is 1. The molecule has 0 fully saturated rings. The predicted octanol–water partition coefficient (Wildman–Crippen LogP) is 4.38. The highest BCUT2D eigenvalue weighted by Gasteiger charge is 2.36. The maximum Gasteiger partial charge on any atom is 0.445 e. The number of carbonyl (C=O) groups is 1. The van der Waals surface area contributed by atoms with Crippen LogP contribution < -0.4 is 16.0 Å². The second kappa shape index (κ2) is 8.42. The van der Waals surface area contributed by atoms with Gasteiger partial charge >= 0.3 is 18.4 Å². The van der Waals surface area contributed by atoms with Crippen molar-refractivity contribution in [3.63, 3.8) is 0 Å². The number of hydrogen-bond donors (Lipinski definition) is 3. The molecule has 0 spiro atoms. The Hall–Kier alpha value is -3.55. The molecule has 7 nitrogen and oxygen atoms in total. The van der Waals surface area contributed by atoms with Crippen molar-refractivity contribution in [3.8, 4) is 0 Å². The summed E-state index contributed by atoms with van der Waals surface area (Å²) in [5, 5.41) is 13.1. The fourth-order valence-electron chi connectivity index (χ4n) is 3.10. The maximum absolute atomic E-state index is 12.8. The van der Waals surface area contributed by atoms with Crippen molar-refractivity contribution in [1.82, 2.24) is 25.7 Å². The lowest BCUT2D eigenvalue weighted by Crippen LogP contribution is -2.36. The van der Waals surface area contributed by atoms with E-state index in [1.165, 1.54) is 6.07 Å². The Morgan fingerprint density at radius 1 is 1.18 bits per heavy atom. The zero-order chi connectivity index (χ0) is 23.8. The Morgan fingerprint density at radius 3 is 2.67 bits per heavy atom. The number of hydrogen-bond acceptors (Lipinski definition) is 6. The number of nitrogens with one attached hydrogen (secondary N) is 3. The number of nitrogens with zero attached hydrogens (tertiary/aromatic N) is 3. The molecule has 0 radical (unpaired) electrons. The van der Waals surface area contributed by atoms with Crippen LogP contribution in [-0.4, -0.2) is 40.0 Å². The number of anilines is 1. The third kappa shape index (κ3) is 5.27. The van der Waals surface area contributed by atoms with E-state index in [0.29, 0.717) is 28.2 Å². The summed E-state index contributed by atoms with van der Waals surface area (Å²) in [4.78, 5) is 13.5. The van der Waals surface area contributed by atoms with Crippen LogP contribution in [0.2, 0.25) is 0 Å². The van der Waals surface area contributed by atoms with Gasteiger partial charge in [0.15, 0.2) is 0 Å². The normalized spacial score (nSPS) is 17.8. The maximum atomic E-state index is 12.8. The van der Waals surface area contributed by atoms with Gasteiger partial charge in [-0.25, -0.2) is 4.79 Å². The van der Waals surface area contributed by atoms with Crippen LogP contribution in [0.3, 0.4) is 0 Å². The SMILES string of the molecule is O=C(NCC(F)(F)F)Nc1cccc(C2=CNC3C=C(c4nnc(C(F)(F)F)s4)C=CN23)c1. The van der Waals surface area contributed by atoms with Gasteiger partial charge in [0.2, 0.25) is 5.01 Å². The molecule has 2 amide bonds. The first-order valence-corrected chi connectivity index (χ1v) is 10.1. The summed E-state index contributed by atoms with van der Waals surface area (Å²) < 4.78 is 75.1. The Bertz CT molecular complexity index is 1150. The fraction of sp³-hybridized carbons (Fsp3) is 0.211. The zero-order valence-corrected chi connectivity index (χ0v) is 17.1. The number of carbonyl (C=O) groups excluding carboxylic acids is 1. The van der Waals surface area contributed by atoms with Crippen LogP contribution >= 0.6 is 11.3 Å². The van der Waals surface area contributed by atoms with Crippen LogP contribution in [0.4, 0.5) is 36.8 Å². The van der Waals surface area contributed by atoms with Crippen molar-refractivity contribution in [3.05, 3.63) is 64.4 Å². The zero-order valence-electron chi connectivity index (χ0n) is 16.3. The Labute approximate surface area is 186 Å². The molecule has 0 aliphatic carbocycles. The van der Waals surface area contributed by atoms with Crippen molar-refractivity contribution >= 4 is 34.3 Å². The topological polar surface area (TPSA) is 82.2 Å². The van der Waals surface area contributed by atoms with Crippen LogP contribution in [0, 0.1) is 0 Å². The van der Waals surface area contributed by atoms with Gasteiger partial charge < -0.3 is 20.9 Å². The van der Waals surface area contributed by atoms with Crippen LogP contribution in [-0.2, 0) is 6.18 Å². The molecular formula is C19H14F6N6OS. The lowest BCUT2D eigenvalue weighted by Gasteiger charge is -2.27. The van der Waals surface area contributed by atoms with Gasteiger partial charge in [-0.1, -0.05) is 23.5 Å². The molecule has 0 bridgehead atoms. The molecular weight excluding hydrogens is 474 g/mol. The molecule has 1 atom stereocenters. The number of alkyl halides is 6. The number of allylic oxidation sites excluding steroid dienone is 2. The fourth-order valence-corrected chi connectivity index (χ4v) is 3.81. The minimum atomic E-state index is -4.57. The van der Waals surface area contributed by atoms with Crippen molar-refractivity contribution in [1.29, 1.82) is 0 Å². The van der Waals surface area contributed by atoms with Gasteiger partial charge in [0.05, 0.1) is 5.70 Å². The summed E-state index contributed by atoms with van der Waals surface area (Å²) in [5.74, 6) is 0. The van der Waals surface area contributed by atoms with Crippen LogP contribution in [0.25, 0.3) is 11.3 Å². The van der Waals surface area contributed by atoms with E-state index >= 15 is 0 Å². The first-order chi connectivity index (χ1) is 15.5. The summed E-state index contributed by atoms with van der Waals surface area (Å²) in [7, 11) is 0. The molecule has 1 aromatic heterocycles. The first kappa shape index (κ1) is 22.6. The molecule has 2 aliphatic rings. The van der Waals surface area contributed by atoms with E-state index < -0.39 is 36.1 Å². The number of rotatable bonds is 4. The molecule has 0 saturated heterocycles. The highest BCUT2D eigenvalue weighted by Crippen LogP contribution is 2.36. The number of amides is 2. The molecule has 3 heterocycles. The average Bonchev–Trinajstić information content (AvgIpc) is 3.39. The van der Waals surface area contributed by atoms with Crippen molar-refractivity contribution in [2.75, 3.05) is 11.9 Å². The van der Waals surface area contributed by atoms with Crippen molar-refractivity contribution in [2.24, 2.45) is 0 Å². The number of urea groups is 1. The molecule has 33 heavy (non-hydrogen) atoms. The van der Waals surface area contributed by atoms with E-state index in [0.717, 1.165) is 0 Å². The second-order valence-corrected chi connectivity index (χ2v) is 7.88. The summed E-state index contributed by atoms with van der Waals surface area (Å²) in [5.41, 5.74) is 2.08. The van der Waals surface area contributed by atoms with Crippen LogP contribution in [0.15, 0.2) is 48.8 Å². The highest BCUT2D eigenvalue weighted by atomic mass is 32.1. The van der Waals surface area contributed by atoms with Crippen molar-refractivity contribution in [2.45, 2.75) is 18.5 Å². The Balaban J connectivity index is 1.45. The lowest BCUT2D eigenvalue weighted by molar-refractivity contribution is -0.138. The number of halogens is 6. The Kier molecular flexibility index (Phi) is 5.78. The van der Waals surface area contributed by atoms with E-state index in [-0.39, 0.29) is 10.7 Å². The van der Waals surface area contributed by atoms with Crippen LogP contribution in [0.1, 0.15) is 15.6 Å². The van der Waals surface area contributed by atoms with Gasteiger partial charge in [0, 0.05) is 29.2 Å². The Morgan fingerprint density at radius 2 is 1.97 bits per heavy atom. The average molecular weight is 488 g/mol. The molecule has 3 N–H and O–H groups in total. The van der Waals surface area contributed by atoms with Crippen molar-refractivity contribution < 1.29 is 31.1 Å². The third-order valence-electron chi connectivity index (χ3n) is 4.50. The number of benzene rings is 1. The van der Waals surface area contributed by atoms with Gasteiger partial charge in [0.25, 0.3) is 0 Å². The summed E-state index contributed by atoms with van der Waals surface area (Å²) >= 11 is 0.444. The predicted molar refractivity (Wildman–Crippen MR) is 108 cm³/mol. The minimum Gasteiger partial charge on any atom is -0.366 e. The summed E-state index contributed by atoms with van der Waals surface area (Å²) in [6.07, 6.45) is -2.85. The molecule has 4 rings (SSSR count). The largest absolute Gasteiger partial charge is 0.445 e. The standard InChI is InChI=1S/C19H14F6N6OS/c20-18(21,22)9-27-17(32)28-12-3-1-2-10(6-12)13-8-26-14-7-11(4-5-31(13)14)15-29-30-16(33-15)19(23,24)25/h1-8,14,26H,9H2,(H2,27,28,32). The van der Waals surface area contributed by atoms with E-state index in [2.05, 4.69) is 20.8 Å². The van der Waals surface area contributed by atoms with Gasteiger partial charge in [-0.05, 0) is 24.3 Å².